The van der Waals surface area contributed by atoms with E-state index in [0.717, 1.165) is 30.9 Å². The molecule has 2 aromatic rings. The smallest absolute Gasteiger partial charge is 0.253 e. The Morgan fingerprint density at radius 1 is 1.11 bits per heavy atom. The molecule has 0 radical (unpaired) electrons. The van der Waals surface area contributed by atoms with Crippen LogP contribution in [0.5, 0.6) is 0 Å². The normalized spacial score (nSPS) is 16.7. The molecular weight excluding hydrogens is 376 g/mol. The Bertz CT molecular complexity index is 878. The lowest BCUT2D eigenvalue weighted by molar-refractivity contribution is -0.117. The molecule has 146 valence electrons. The summed E-state index contributed by atoms with van der Waals surface area (Å²) >= 11 is 6.11. The fourth-order valence-electron chi connectivity index (χ4n) is 3.76. The maximum absolute atomic E-state index is 12.8. The number of aromatic nitrogens is 1. The van der Waals surface area contributed by atoms with Gasteiger partial charge in [-0.2, -0.15) is 0 Å². The number of amides is 2. The van der Waals surface area contributed by atoms with E-state index < -0.39 is 0 Å². The first-order chi connectivity index (χ1) is 13.6. The van der Waals surface area contributed by atoms with Gasteiger partial charge in [-0.1, -0.05) is 17.7 Å². The molecule has 3 heterocycles. The van der Waals surface area contributed by atoms with Gasteiger partial charge in [-0.3, -0.25) is 9.59 Å². The molecular formula is C21H23ClN4O2. The molecule has 0 saturated carbocycles. The number of hydrogen-bond acceptors (Lipinski definition) is 4. The average molecular weight is 399 g/mol. The third-order valence-corrected chi connectivity index (χ3v) is 5.50. The monoisotopic (exact) mass is 398 g/mol. The molecule has 1 aromatic heterocycles. The van der Waals surface area contributed by atoms with E-state index in [1.807, 2.05) is 12.1 Å². The minimum Gasteiger partial charge on any atom is -0.357 e. The van der Waals surface area contributed by atoms with Gasteiger partial charge in [-0.05, 0) is 49.1 Å². The number of halogens is 1. The summed E-state index contributed by atoms with van der Waals surface area (Å²) < 4.78 is 0. The number of carbonyl (C=O) groups excluding carboxylic acids is 2. The van der Waals surface area contributed by atoms with E-state index in [4.69, 9.17) is 11.6 Å². The lowest BCUT2D eigenvalue weighted by Crippen LogP contribution is -2.29. The van der Waals surface area contributed by atoms with Gasteiger partial charge < -0.3 is 15.1 Å². The van der Waals surface area contributed by atoms with Crippen molar-refractivity contribution in [2.24, 2.45) is 0 Å². The lowest BCUT2D eigenvalue weighted by atomic mass is 10.1. The third-order valence-electron chi connectivity index (χ3n) is 5.26. The molecule has 4 rings (SSSR count). The molecule has 2 aliphatic heterocycles. The molecule has 7 heteroatoms. The van der Waals surface area contributed by atoms with E-state index in [1.165, 1.54) is 12.8 Å². The van der Waals surface area contributed by atoms with Gasteiger partial charge in [0, 0.05) is 43.8 Å². The first-order valence-electron chi connectivity index (χ1n) is 9.70. The van der Waals surface area contributed by atoms with Gasteiger partial charge in [-0.25, -0.2) is 4.98 Å². The minimum atomic E-state index is -0.227. The van der Waals surface area contributed by atoms with E-state index in [2.05, 4.69) is 15.2 Å². The number of anilines is 2. The fourth-order valence-corrected chi connectivity index (χ4v) is 3.92. The molecule has 2 fully saturated rings. The summed E-state index contributed by atoms with van der Waals surface area (Å²) in [5, 5.41) is 3.44. The van der Waals surface area contributed by atoms with Crippen LogP contribution in [0.2, 0.25) is 5.02 Å². The topological polar surface area (TPSA) is 65.5 Å². The SMILES string of the molecule is O=C(NCc1ccc(N2CCCC2)nc1)c1ccc(Cl)cc1N1CCCC1=O. The highest BCUT2D eigenvalue weighted by Gasteiger charge is 2.26. The van der Waals surface area contributed by atoms with Crippen molar-refractivity contribution in [2.45, 2.75) is 32.2 Å². The van der Waals surface area contributed by atoms with Gasteiger partial charge in [0.05, 0.1) is 11.3 Å². The van der Waals surface area contributed by atoms with Crippen LogP contribution in [0.15, 0.2) is 36.5 Å². The Hall–Kier alpha value is -2.60. The Balaban J connectivity index is 1.44. The summed E-state index contributed by atoms with van der Waals surface area (Å²) in [6.45, 7) is 3.10. The zero-order chi connectivity index (χ0) is 19.5. The summed E-state index contributed by atoms with van der Waals surface area (Å²) in [7, 11) is 0. The van der Waals surface area contributed by atoms with Crippen molar-refractivity contribution in [1.82, 2.24) is 10.3 Å². The van der Waals surface area contributed by atoms with Crippen LogP contribution < -0.4 is 15.1 Å². The third kappa shape index (κ3) is 3.97. The Kier molecular flexibility index (Phi) is 5.48. The van der Waals surface area contributed by atoms with Gasteiger partial charge >= 0.3 is 0 Å². The number of carbonyl (C=O) groups is 2. The summed E-state index contributed by atoms with van der Waals surface area (Å²) in [5.74, 6) is 0.785. The van der Waals surface area contributed by atoms with Crippen molar-refractivity contribution in [3.8, 4) is 0 Å². The zero-order valence-electron chi connectivity index (χ0n) is 15.7. The maximum Gasteiger partial charge on any atom is 0.253 e. The predicted octanol–water partition coefficient (Wildman–Crippen LogP) is 3.39. The van der Waals surface area contributed by atoms with Gasteiger partial charge in [-0.15, -0.1) is 0 Å². The molecule has 0 atom stereocenters. The van der Waals surface area contributed by atoms with Crippen molar-refractivity contribution in [1.29, 1.82) is 0 Å². The van der Waals surface area contributed by atoms with Gasteiger partial charge in [0.25, 0.3) is 5.91 Å². The fraction of sp³-hybridized carbons (Fsp3) is 0.381. The molecule has 0 unspecified atom stereocenters. The summed E-state index contributed by atoms with van der Waals surface area (Å²) in [4.78, 5) is 33.3. The second kappa shape index (κ2) is 8.19. The van der Waals surface area contributed by atoms with Gasteiger partial charge in [0.15, 0.2) is 0 Å². The largest absolute Gasteiger partial charge is 0.357 e. The molecule has 2 saturated heterocycles. The Labute approximate surface area is 169 Å². The highest BCUT2D eigenvalue weighted by atomic mass is 35.5. The second-order valence-corrected chi connectivity index (χ2v) is 7.65. The molecule has 28 heavy (non-hydrogen) atoms. The second-order valence-electron chi connectivity index (χ2n) is 7.21. The number of rotatable bonds is 5. The molecule has 0 spiro atoms. The lowest BCUT2D eigenvalue weighted by Gasteiger charge is -2.20. The highest BCUT2D eigenvalue weighted by molar-refractivity contribution is 6.31. The van der Waals surface area contributed by atoms with Crippen LogP contribution in [-0.2, 0) is 11.3 Å². The standard InChI is InChI=1S/C21H23ClN4O2/c22-16-6-7-17(18(12-16)26-11-3-4-20(26)27)21(28)24-14-15-5-8-19(23-13-15)25-9-1-2-10-25/h5-8,12-13H,1-4,9-11,14H2,(H,24,28). The average Bonchev–Trinajstić information content (AvgIpc) is 3.38. The van der Waals surface area contributed by atoms with Crippen LogP contribution in [0.4, 0.5) is 11.5 Å². The molecule has 1 N–H and O–H groups in total. The summed E-state index contributed by atoms with van der Waals surface area (Å²) in [6.07, 6.45) is 5.52. The van der Waals surface area contributed by atoms with Crippen LogP contribution in [0.1, 0.15) is 41.6 Å². The number of pyridine rings is 1. The van der Waals surface area contributed by atoms with Crippen molar-refractivity contribution in [3.05, 3.63) is 52.7 Å². The molecule has 2 amide bonds. The van der Waals surface area contributed by atoms with Crippen LogP contribution in [0.25, 0.3) is 0 Å². The Morgan fingerprint density at radius 3 is 2.61 bits per heavy atom. The first-order valence-corrected chi connectivity index (χ1v) is 10.1. The predicted molar refractivity (Wildman–Crippen MR) is 110 cm³/mol. The maximum atomic E-state index is 12.8. The van der Waals surface area contributed by atoms with E-state index >= 15 is 0 Å². The van der Waals surface area contributed by atoms with Crippen molar-refractivity contribution in [3.63, 3.8) is 0 Å². The summed E-state index contributed by atoms with van der Waals surface area (Å²) in [6, 6.07) is 9.03. The first kappa shape index (κ1) is 18.7. The van der Waals surface area contributed by atoms with Gasteiger partial charge in [0.1, 0.15) is 5.82 Å². The molecule has 6 nitrogen and oxygen atoms in total. The van der Waals surface area contributed by atoms with E-state index in [9.17, 15) is 9.59 Å². The number of benzene rings is 1. The van der Waals surface area contributed by atoms with Crippen LogP contribution >= 0.6 is 11.6 Å². The molecule has 0 bridgehead atoms. The zero-order valence-corrected chi connectivity index (χ0v) is 16.4. The van der Waals surface area contributed by atoms with Crippen molar-refractivity contribution in [2.75, 3.05) is 29.4 Å². The molecule has 1 aromatic carbocycles. The van der Waals surface area contributed by atoms with E-state index in [1.54, 1.807) is 29.3 Å². The number of hydrogen-bond donors (Lipinski definition) is 1. The van der Waals surface area contributed by atoms with Crippen molar-refractivity contribution < 1.29 is 9.59 Å². The van der Waals surface area contributed by atoms with Crippen LogP contribution in [0, 0.1) is 0 Å². The van der Waals surface area contributed by atoms with Crippen LogP contribution in [-0.4, -0.2) is 36.4 Å². The minimum absolute atomic E-state index is 0.0259. The van der Waals surface area contributed by atoms with E-state index in [0.29, 0.717) is 35.8 Å². The van der Waals surface area contributed by atoms with Gasteiger partial charge in [0.2, 0.25) is 5.91 Å². The van der Waals surface area contributed by atoms with E-state index in [-0.39, 0.29) is 11.8 Å². The molecule has 2 aliphatic rings. The van der Waals surface area contributed by atoms with Crippen LogP contribution in [0.3, 0.4) is 0 Å². The van der Waals surface area contributed by atoms with Crippen molar-refractivity contribution >= 4 is 34.9 Å². The number of nitrogens with zero attached hydrogens (tertiary/aromatic N) is 3. The molecule has 0 aliphatic carbocycles. The summed E-state index contributed by atoms with van der Waals surface area (Å²) in [5.41, 5.74) is 1.97. The Morgan fingerprint density at radius 2 is 1.93 bits per heavy atom. The number of nitrogens with one attached hydrogen (secondary N) is 1. The quantitative estimate of drug-likeness (QED) is 0.838. The highest BCUT2D eigenvalue weighted by Crippen LogP contribution is 2.28.